The highest BCUT2D eigenvalue weighted by molar-refractivity contribution is 6.28. The van der Waals surface area contributed by atoms with Gasteiger partial charge < -0.3 is 8.83 Å². The van der Waals surface area contributed by atoms with Crippen LogP contribution in [0.15, 0.2) is 179 Å². The van der Waals surface area contributed by atoms with Crippen molar-refractivity contribution in [2.45, 2.75) is 0 Å². The molecule has 2 heteroatoms. The SMILES string of the molecule is c1ccc(-c2c3ccccc3c(-c3ccc(-c4ccc5oc6ccc7oc8c9ccccc9ccc8c7c6c5c4)cc3)c3ccccc23)cc1. The highest BCUT2D eigenvalue weighted by atomic mass is 16.3. The summed E-state index contributed by atoms with van der Waals surface area (Å²) in [4.78, 5) is 0. The second-order valence-corrected chi connectivity index (χ2v) is 13.2. The molecule has 232 valence electrons. The maximum absolute atomic E-state index is 6.51. The van der Waals surface area contributed by atoms with Gasteiger partial charge in [0.15, 0.2) is 0 Å². The third-order valence-electron chi connectivity index (χ3n) is 10.5. The molecule has 0 spiro atoms. The summed E-state index contributed by atoms with van der Waals surface area (Å²) in [5.74, 6) is 0. The summed E-state index contributed by atoms with van der Waals surface area (Å²) in [7, 11) is 0. The van der Waals surface area contributed by atoms with E-state index in [0.717, 1.165) is 60.4 Å². The Kier molecular flexibility index (Phi) is 5.70. The zero-order valence-electron chi connectivity index (χ0n) is 27.0. The zero-order valence-corrected chi connectivity index (χ0v) is 27.0. The molecule has 11 aromatic rings. The minimum absolute atomic E-state index is 0.869. The van der Waals surface area contributed by atoms with E-state index >= 15 is 0 Å². The van der Waals surface area contributed by atoms with E-state index in [1.165, 1.54) is 49.2 Å². The molecule has 9 aromatic carbocycles. The Balaban J connectivity index is 1.08. The Morgan fingerprint density at radius 2 is 0.780 bits per heavy atom. The van der Waals surface area contributed by atoms with Gasteiger partial charge in [-0.15, -0.1) is 0 Å². The van der Waals surface area contributed by atoms with Crippen LogP contribution >= 0.6 is 0 Å². The van der Waals surface area contributed by atoms with Crippen LogP contribution in [0.2, 0.25) is 0 Å². The van der Waals surface area contributed by atoms with E-state index in [2.05, 4.69) is 158 Å². The number of rotatable bonds is 3. The molecular weight excluding hydrogens is 609 g/mol. The molecule has 50 heavy (non-hydrogen) atoms. The average molecular weight is 637 g/mol. The molecule has 0 N–H and O–H groups in total. The summed E-state index contributed by atoms with van der Waals surface area (Å²) in [5, 5.41) is 11.7. The van der Waals surface area contributed by atoms with Crippen molar-refractivity contribution in [3.05, 3.63) is 170 Å². The van der Waals surface area contributed by atoms with Gasteiger partial charge in [0, 0.05) is 26.9 Å². The highest BCUT2D eigenvalue weighted by Gasteiger charge is 2.19. The third-order valence-corrected chi connectivity index (χ3v) is 10.5. The van der Waals surface area contributed by atoms with Gasteiger partial charge in [0.2, 0.25) is 0 Å². The Hall–Kier alpha value is -6.64. The van der Waals surface area contributed by atoms with Crippen molar-refractivity contribution >= 4 is 76.2 Å². The number of fused-ring (bicyclic) bond motifs is 11. The van der Waals surface area contributed by atoms with Crippen molar-refractivity contribution in [2.75, 3.05) is 0 Å². The molecule has 0 atom stereocenters. The van der Waals surface area contributed by atoms with Gasteiger partial charge in [-0.2, -0.15) is 0 Å². The first-order valence-electron chi connectivity index (χ1n) is 17.1. The van der Waals surface area contributed by atoms with Gasteiger partial charge in [-0.05, 0) is 90.6 Å². The molecule has 2 nitrogen and oxygen atoms in total. The van der Waals surface area contributed by atoms with Crippen molar-refractivity contribution in [1.29, 1.82) is 0 Å². The molecule has 0 saturated heterocycles. The summed E-state index contributed by atoms with van der Waals surface area (Å²) in [6.45, 7) is 0. The first-order chi connectivity index (χ1) is 24.8. The van der Waals surface area contributed by atoms with Crippen LogP contribution in [-0.4, -0.2) is 0 Å². The van der Waals surface area contributed by atoms with Crippen LogP contribution in [0.4, 0.5) is 0 Å². The molecule has 0 radical (unpaired) electrons. The van der Waals surface area contributed by atoms with Crippen LogP contribution in [0, 0.1) is 0 Å². The van der Waals surface area contributed by atoms with Gasteiger partial charge in [0.1, 0.15) is 22.3 Å². The van der Waals surface area contributed by atoms with Crippen molar-refractivity contribution in [3.63, 3.8) is 0 Å². The molecular formula is C48H28O2. The molecule has 0 aliphatic rings. The Morgan fingerprint density at radius 3 is 1.46 bits per heavy atom. The number of furan rings is 2. The molecule has 0 unspecified atom stereocenters. The van der Waals surface area contributed by atoms with Crippen LogP contribution < -0.4 is 0 Å². The molecule has 0 saturated carbocycles. The molecule has 0 aliphatic heterocycles. The normalized spacial score (nSPS) is 12.0. The first kappa shape index (κ1) is 27.3. The van der Waals surface area contributed by atoms with Crippen LogP contribution in [-0.2, 0) is 0 Å². The van der Waals surface area contributed by atoms with Crippen molar-refractivity contribution in [1.82, 2.24) is 0 Å². The maximum Gasteiger partial charge on any atom is 0.143 e. The Labute approximate surface area is 287 Å². The quantitative estimate of drug-likeness (QED) is 0.180. The predicted octanol–water partition coefficient (Wildman–Crippen LogP) is 13.9. The van der Waals surface area contributed by atoms with Gasteiger partial charge in [-0.1, -0.05) is 140 Å². The standard InChI is InChI=1S/C48H28O2/c1-2-11-31(12-3-1)44-35-14-6-8-16-37(35)45(38-17-9-7-15-36(38)44)32-20-18-29(19-21-32)33-23-25-41-40(28-33)47-42(49-41)26-27-43-46(47)39-24-22-30-10-4-5-13-34(30)48(39)50-43/h1-28H. The summed E-state index contributed by atoms with van der Waals surface area (Å²) in [6.07, 6.45) is 0. The van der Waals surface area contributed by atoms with Crippen LogP contribution in [0.25, 0.3) is 110 Å². The maximum atomic E-state index is 6.51. The highest BCUT2D eigenvalue weighted by Crippen LogP contribution is 2.45. The zero-order chi connectivity index (χ0) is 32.8. The second-order valence-electron chi connectivity index (χ2n) is 13.2. The Morgan fingerprint density at radius 1 is 0.280 bits per heavy atom. The fourth-order valence-corrected chi connectivity index (χ4v) is 8.23. The first-order valence-corrected chi connectivity index (χ1v) is 17.1. The number of hydrogen-bond acceptors (Lipinski definition) is 2. The lowest BCUT2D eigenvalue weighted by molar-refractivity contribution is 0.664. The van der Waals surface area contributed by atoms with Gasteiger partial charge in [0.05, 0.1) is 0 Å². The second kappa shape index (κ2) is 10.4. The van der Waals surface area contributed by atoms with Gasteiger partial charge in [-0.3, -0.25) is 0 Å². The number of benzene rings is 9. The number of hydrogen-bond donors (Lipinski definition) is 0. The lowest BCUT2D eigenvalue weighted by atomic mass is 9.86. The van der Waals surface area contributed by atoms with Gasteiger partial charge in [0.25, 0.3) is 0 Å². The molecule has 0 amide bonds. The lowest BCUT2D eigenvalue weighted by Crippen LogP contribution is -1.90. The molecule has 2 aromatic heterocycles. The third kappa shape index (κ3) is 3.90. The minimum Gasteiger partial charge on any atom is -0.456 e. The lowest BCUT2D eigenvalue weighted by Gasteiger charge is -2.18. The van der Waals surface area contributed by atoms with E-state index < -0.39 is 0 Å². The van der Waals surface area contributed by atoms with Crippen molar-refractivity contribution in [2.24, 2.45) is 0 Å². The fraction of sp³-hybridized carbons (Fsp3) is 0. The molecule has 0 bridgehead atoms. The van der Waals surface area contributed by atoms with E-state index in [0.29, 0.717) is 0 Å². The van der Waals surface area contributed by atoms with Crippen LogP contribution in [0.5, 0.6) is 0 Å². The minimum atomic E-state index is 0.869. The van der Waals surface area contributed by atoms with Gasteiger partial charge in [-0.25, -0.2) is 0 Å². The molecule has 2 heterocycles. The molecule has 0 aliphatic carbocycles. The topological polar surface area (TPSA) is 26.3 Å². The summed E-state index contributed by atoms with van der Waals surface area (Å²) >= 11 is 0. The van der Waals surface area contributed by atoms with Gasteiger partial charge >= 0.3 is 0 Å². The Bertz CT molecular complexity index is 3070. The van der Waals surface area contributed by atoms with E-state index in [4.69, 9.17) is 8.83 Å². The van der Waals surface area contributed by atoms with E-state index in [1.807, 2.05) is 12.1 Å². The van der Waals surface area contributed by atoms with Crippen molar-refractivity contribution in [3.8, 4) is 33.4 Å². The summed E-state index contributed by atoms with van der Waals surface area (Å²) < 4.78 is 12.9. The summed E-state index contributed by atoms with van der Waals surface area (Å²) in [6, 6.07) is 60.8. The largest absolute Gasteiger partial charge is 0.456 e. The van der Waals surface area contributed by atoms with E-state index in [1.54, 1.807) is 0 Å². The van der Waals surface area contributed by atoms with E-state index in [-0.39, 0.29) is 0 Å². The molecule has 11 rings (SSSR count). The van der Waals surface area contributed by atoms with Crippen molar-refractivity contribution < 1.29 is 8.83 Å². The molecule has 0 fully saturated rings. The average Bonchev–Trinajstić information content (AvgIpc) is 3.75. The monoisotopic (exact) mass is 636 g/mol. The van der Waals surface area contributed by atoms with Crippen LogP contribution in [0.1, 0.15) is 0 Å². The fourth-order valence-electron chi connectivity index (χ4n) is 8.23. The smallest absolute Gasteiger partial charge is 0.143 e. The van der Waals surface area contributed by atoms with E-state index in [9.17, 15) is 0 Å². The van der Waals surface area contributed by atoms with Crippen LogP contribution in [0.3, 0.4) is 0 Å². The summed E-state index contributed by atoms with van der Waals surface area (Å²) in [5.41, 5.74) is 10.8. The predicted molar refractivity (Wildman–Crippen MR) is 210 cm³/mol.